The van der Waals surface area contributed by atoms with Crippen LogP contribution >= 0.6 is 22.3 Å². The van der Waals surface area contributed by atoms with Crippen molar-refractivity contribution < 1.29 is 8.42 Å². The van der Waals surface area contributed by atoms with Crippen molar-refractivity contribution in [2.24, 2.45) is 0 Å². The van der Waals surface area contributed by atoms with E-state index in [9.17, 15) is 8.42 Å². The summed E-state index contributed by atoms with van der Waals surface area (Å²) in [6.07, 6.45) is 0. The Morgan fingerprint density at radius 1 is 1.38 bits per heavy atom. The van der Waals surface area contributed by atoms with E-state index in [-0.39, 0.29) is 4.90 Å². The second-order valence-electron chi connectivity index (χ2n) is 2.66. The van der Waals surface area contributed by atoms with Crippen molar-refractivity contribution in [2.75, 3.05) is 0 Å². The number of rotatable bonds is 2. The number of hydrogen-bond donors (Lipinski definition) is 0. The Labute approximate surface area is 86.9 Å². The predicted octanol–water partition coefficient (Wildman–Crippen LogP) is 2.66. The third-order valence-corrected chi connectivity index (χ3v) is 3.38. The van der Waals surface area contributed by atoms with Crippen LogP contribution in [0.25, 0.3) is 0 Å². The molecule has 0 saturated heterocycles. The van der Waals surface area contributed by atoms with E-state index in [1.807, 2.05) is 0 Å². The lowest BCUT2D eigenvalue weighted by molar-refractivity contribution is 0.609. The first-order chi connectivity index (χ1) is 5.95. The first-order valence-electron chi connectivity index (χ1n) is 3.55. The molecular weight excluding hydrogens is 231 g/mol. The molecule has 0 saturated carbocycles. The number of hydrogen-bond acceptors (Lipinski definition) is 2. The molecule has 1 rings (SSSR count). The van der Waals surface area contributed by atoms with Gasteiger partial charge in [0.25, 0.3) is 9.05 Å². The van der Waals surface area contributed by atoms with Crippen LogP contribution in [0.2, 0.25) is 0 Å². The average Bonchev–Trinajstić information content (AvgIpc) is 2.02. The fourth-order valence-electron chi connectivity index (χ4n) is 0.970. The molecule has 1 aromatic rings. The average molecular weight is 239 g/mol. The van der Waals surface area contributed by atoms with Gasteiger partial charge in [0.2, 0.25) is 0 Å². The van der Waals surface area contributed by atoms with Gasteiger partial charge in [0.05, 0.1) is 4.90 Å². The Morgan fingerprint density at radius 3 is 2.38 bits per heavy atom. The highest BCUT2D eigenvalue weighted by Gasteiger charge is 2.10. The molecule has 0 radical (unpaired) electrons. The quantitative estimate of drug-likeness (QED) is 0.587. The van der Waals surface area contributed by atoms with Gasteiger partial charge in [-0.3, -0.25) is 0 Å². The van der Waals surface area contributed by atoms with Gasteiger partial charge in [0.15, 0.2) is 0 Å². The minimum absolute atomic E-state index is 0.112. The summed E-state index contributed by atoms with van der Waals surface area (Å²) in [6.45, 7) is 1.79. The van der Waals surface area contributed by atoms with Crippen molar-refractivity contribution in [3.05, 3.63) is 29.3 Å². The van der Waals surface area contributed by atoms with Gasteiger partial charge in [-0.05, 0) is 30.2 Å². The number of halogens is 2. The standard InChI is InChI=1S/C8H8Cl2O2S/c1-6-4-8(13(10,11)12)3-2-7(6)5-9/h2-4H,5H2,1H3. The van der Waals surface area contributed by atoms with E-state index in [1.165, 1.54) is 12.1 Å². The predicted molar refractivity (Wildman–Crippen MR) is 53.8 cm³/mol. The molecule has 0 aliphatic carbocycles. The summed E-state index contributed by atoms with van der Waals surface area (Å²) < 4.78 is 21.8. The Kier molecular flexibility index (Phi) is 3.22. The van der Waals surface area contributed by atoms with Crippen molar-refractivity contribution in [1.82, 2.24) is 0 Å². The third-order valence-electron chi connectivity index (χ3n) is 1.74. The molecule has 2 nitrogen and oxygen atoms in total. The maximum Gasteiger partial charge on any atom is 0.261 e. The van der Waals surface area contributed by atoms with Crippen LogP contribution in [-0.2, 0) is 14.9 Å². The Hall–Kier alpha value is -0.250. The molecule has 0 bridgehead atoms. The zero-order valence-electron chi connectivity index (χ0n) is 6.92. The van der Waals surface area contributed by atoms with E-state index in [4.69, 9.17) is 22.3 Å². The first kappa shape index (κ1) is 10.8. The molecule has 0 spiro atoms. The van der Waals surface area contributed by atoms with Crippen molar-refractivity contribution in [2.45, 2.75) is 17.7 Å². The zero-order chi connectivity index (χ0) is 10.1. The van der Waals surface area contributed by atoms with Crippen molar-refractivity contribution >= 4 is 31.3 Å². The SMILES string of the molecule is Cc1cc(S(=O)(=O)Cl)ccc1CCl. The van der Waals surface area contributed by atoms with Crippen LogP contribution in [0.3, 0.4) is 0 Å². The van der Waals surface area contributed by atoms with Crippen LogP contribution in [0.4, 0.5) is 0 Å². The van der Waals surface area contributed by atoms with E-state index >= 15 is 0 Å². The van der Waals surface area contributed by atoms with Crippen molar-refractivity contribution in [3.63, 3.8) is 0 Å². The number of alkyl halides is 1. The molecule has 0 aliphatic heterocycles. The molecule has 0 N–H and O–H groups in total. The van der Waals surface area contributed by atoms with Crippen LogP contribution in [-0.4, -0.2) is 8.42 Å². The maximum atomic E-state index is 10.9. The topological polar surface area (TPSA) is 34.1 Å². The highest BCUT2D eigenvalue weighted by atomic mass is 35.7. The fourth-order valence-corrected chi connectivity index (χ4v) is 2.11. The summed E-state index contributed by atoms with van der Waals surface area (Å²) >= 11 is 5.62. The Bertz CT molecular complexity index is 412. The zero-order valence-corrected chi connectivity index (χ0v) is 9.25. The molecule has 5 heteroatoms. The summed E-state index contributed by atoms with van der Waals surface area (Å²) in [5, 5.41) is 0. The summed E-state index contributed by atoms with van der Waals surface area (Å²) in [5.41, 5.74) is 1.74. The van der Waals surface area contributed by atoms with Crippen LogP contribution in [0, 0.1) is 6.92 Å². The molecule has 0 unspecified atom stereocenters. The highest BCUT2D eigenvalue weighted by molar-refractivity contribution is 8.13. The molecule has 1 aromatic carbocycles. The van der Waals surface area contributed by atoms with Gasteiger partial charge in [0, 0.05) is 16.6 Å². The Balaban J connectivity index is 3.26. The van der Waals surface area contributed by atoms with Crippen LogP contribution < -0.4 is 0 Å². The molecular formula is C8H8Cl2O2S. The maximum absolute atomic E-state index is 10.9. The summed E-state index contributed by atoms with van der Waals surface area (Å²) in [5.74, 6) is 0.369. The van der Waals surface area contributed by atoms with Gasteiger partial charge in [-0.25, -0.2) is 8.42 Å². The van der Waals surface area contributed by atoms with E-state index in [2.05, 4.69) is 0 Å². The van der Waals surface area contributed by atoms with E-state index < -0.39 is 9.05 Å². The van der Waals surface area contributed by atoms with Crippen LogP contribution in [0.5, 0.6) is 0 Å². The van der Waals surface area contributed by atoms with Gasteiger partial charge in [-0.1, -0.05) is 6.07 Å². The largest absolute Gasteiger partial charge is 0.261 e. The van der Waals surface area contributed by atoms with Crippen LogP contribution in [0.15, 0.2) is 23.1 Å². The monoisotopic (exact) mass is 238 g/mol. The third kappa shape index (κ3) is 2.59. The second kappa shape index (κ2) is 3.86. The van der Waals surface area contributed by atoms with Gasteiger partial charge in [0.1, 0.15) is 0 Å². The fraction of sp³-hybridized carbons (Fsp3) is 0.250. The minimum Gasteiger partial charge on any atom is -0.207 e. The summed E-state index contributed by atoms with van der Waals surface area (Å²) in [4.78, 5) is 0.112. The molecule has 0 fully saturated rings. The highest BCUT2D eigenvalue weighted by Crippen LogP contribution is 2.19. The second-order valence-corrected chi connectivity index (χ2v) is 5.49. The molecule has 13 heavy (non-hydrogen) atoms. The smallest absolute Gasteiger partial charge is 0.207 e. The van der Waals surface area contributed by atoms with Gasteiger partial charge in [-0.15, -0.1) is 11.6 Å². The summed E-state index contributed by atoms with van der Waals surface area (Å²) in [7, 11) is 1.54. The molecule has 72 valence electrons. The van der Waals surface area contributed by atoms with Gasteiger partial charge < -0.3 is 0 Å². The van der Waals surface area contributed by atoms with E-state index in [1.54, 1.807) is 13.0 Å². The lowest BCUT2D eigenvalue weighted by Gasteiger charge is -2.02. The molecule has 0 heterocycles. The molecule has 0 aliphatic rings. The van der Waals surface area contributed by atoms with Gasteiger partial charge in [-0.2, -0.15) is 0 Å². The minimum atomic E-state index is -3.62. The normalized spacial score (nSPS) is 11.6. The lowest BCUT2D eigenvalue weighted by atomic mass is 10.1. The van der Waals surface area contributed by atoms with E-state index in [0.29, 0.717) is 5.88 Å². The van der Waals surface area contributed by atoms with Crippen LogP contribution in [0.1, 0.15) is 11.1 Å². The van der Waals surface area contributed by atoms with Crippen molar-refractivity contribution in [1.29, 1.82) is 0 Å². The molecule has 0 aromatic heterocycles. The van der Waals surface area contributed by atoms with Gasteiger partial charge >= 0.3 is 0 Å². The summed E-state index contributed by atoms with van der Waals surface area (Å²) in [6, 6.07) is 4.63. The van der Waals surface area contributed by atoms with Crippen molar-refractivity contribution in [3.8, 4) is 0 Å². The van der Waals surface area contributed by atoms with E-state index in [0.717, 1.165) is 11.1 Å². The molecule has 0 atom stereocenters. The lowest BCUT2D eigenvalue weighted by Crippen LogP contribution is -1.93. The molecule has 0 amide bonds. The number of benzene rings is 1. The Morgan fingerprint density at radius 2 is 2.00 bits per heavy atom. The first-order valence-corrected chi connectivity index (χ1v) is 6.39. The number of aryl methyl sites for hydroxylation is 1.